The van der Waals surface area contributed by atoms with E-state index in [-0.39, 0.29) is 5.56 Å². The van der Waals surface area contributed by atoms with Crippen molar-refractivity contribution in [3.05, 3.63) is 41.2 Å². The van der Waals surface area contributed by atoms with Crippen LogP contribution in [0.1, 0.15) is 33.1 Å². The maximum Gasteiger partial charge on any atom is 0.293 e. The number of anilines is 1. The minimum absolute atomic E-state index is 0.0176. The Morgan fingerprint density at radius 1 is 1.28 bits per heavy atom. The molecule has 0 spiro atoms. The molecule has 1 atom stereocenters. The highest BCUT2D eigenvalue weighted by Crippen LogP contribution is 2.15. The van der Waals surface area contributed by atoms with Crippen LogP contribution in [0.4, 0.5) is 5.82 Å². The fraction of sp³-hybridized carbons (Fsp3) is 0.611. The molecule has 0 amide bonds. The SMILES string of the molecule is CCn1ccnc(N2CCC(N[C@@H](C)CCn3cccn3)CC2)c1=O. The van der Waals surface area contributed by atoms with E-state index in [1.165, 1.54) is 0 Å². The molecule has 7 nitrogen and oxygen atoms in total. The maximum absolute atomic E-state index is 12.4. The van der Waals surface area contributed by atoms with Crippen LogP contribution < -0.4 is 15.8 Å². The second kappa shape index (κ2) is 8.29. The maximum atomic E-state index is 12.4. The van der Waals surface area contributed by atoms with Crippen LogP contribution >= 0.6 is 0 Å². The monoisotopic (exact) mass is 344 g/mol. The minimum atomic E-state index is 0.0176. The van der Waals surface area contributed by atoms with Crippen LogP contribution in [0.5, 0.6) is 0 Å². The Balaban J connectivity index is 1.48. The third-order valence-electron chi connectivity index (χ3n) is 4.90. The van der Waals surface area contributed by atoms with Crippen LogP contribution in [-0.4, -0.2) is 44.5 Å². The molecule has 1 aliphatic heterocycles. The first kappa shape index (κ1) is 17.7. The van der Waals surface area contributed by atoms with Gasteiger partial charge in [0, 0.05) is 63.1 Å². The van der Waals surface area contributed by atoms with Crippen molar-refractivity contribution < 1.29 is 0 Å². The average Bonchev–Trinajstić information content (AvgIpc) is 3.15. The molecular weight excluding hydrogens is 316 g/mol. The second-order valence-electron chi connectivity index (χ2n) is 6.73. The summed E-state index contributed by atoms with van der Waals surface area (Å²) in [5.74, 6) is 0.592. The lowest BCUT2D eigenvalue weighted by molar-refractivity contribution is 0.353. The highest BCUT2D eigenvalue weighted by Gasteiger charge is 2.23. The number of nitrogens with one attached hydrogen (secondary N) is 1. The Kier molecular flexibility index (Phi) is 5.86. The van der Waals surface area contributed by atoms with Crippen molar-refractivity contribution in [2.24, 2.45) is 0 Å². The van der Waals surface area contributed by atoms with Gasteiger partial charge in [0.25, 0.3) is 5.56 Å². The van der Waals surface area contributed by atoms with Crippen molar-refractivity contribution in [2.75, 3.05) is 18.0 Å². The lowest BCUT2D eigenvalue weighted by Gasteiger charge is -2.34. The highest BCUT2D eigenvalue weighted by atomic mass is 16.1. The lowest BCUT2D eigenvalue weighted by atomic mass is 10.0. The van der Waals surface area contributed by atoms with E-state index in [4.69, 9.17) is 0 Å². The molecule has 2 aromatic heterocycles. The summed E-state index contributed by atoms with van der Waals surface area (Å²) in [6, 6.07) is 2.91. The van der Waals surface area contributed by atoms with Gasteiger partial charge in [0.15, 0.2) is 5.82 Å². The molecule has 25 heavy (non-hydrogen) atoms. The Bertz CT molecular complexity index is 703. The van der Waals surface area contributed by atoms with Crippen LogP contribution in [0.2, 0.25) is 0 Å². The quantitative estimate of drug-likeness (QED) is 0.824. The molecule has 0 unspecified atom stereocenters. The van der Waals surface area contributed by atoms with Gasteiger partial charge >= 0.3 is 0 Å². The number of nitrogens with zero attached hydrogens (tertiary/aromatic N) is 5. The van der Waals surface area contributed by atoms with Crippen LogP contribution in [0.3, 0.4) is 0 Å². The van der Waals surface area contributed by atoms with Crippen molar-refractivity contribution in [2.45, 2.75) is 58.3 Å². The number of aromatic nitrogens is 4. The van der Waals surface area contributed by atoms with Crippen molar-refractivity contribution >= 4 is 5.82 Å². The summed E-state index contributed by atoms with van der Waals surface area (Å²) in [7, 11) is 0. The minimum Gasteiger partial charge on any atom is -0.352 e. The normalized spacial score (nSPS) is 17.0. The molecule has 0 aliphatic carbocycles. The number of piperidine rings is 1. The molecule has 0 bridgehead atoms. The van der Waals surface area contributed by atoms with Crippen molar-refractivity contribution in [3.8, 4) is 0 Å². The predicted molar refractivity (Wildman–Crippen MR) is 98.8 cm³/mol. The molecule has 1 saturated heterocycles. The van der Waals surface area contributed by atoms with Crippen LogP contribution in [0, 0.1) is 0 Å². The summed E-state index contributed by atoms with van der Waals surface area (Å²) in [5.41, 5.74) is 0.0176. The van der Waals surface area contributed by atoms with Gasteiger partial charge in [-0.2, -0.15) is 5.10 Å². The molecule has 3 rings (SSSR count). The Labute approximate surface area is 148 Å². The second-order valence-corrected chi connectivity index (χ2v) is 6.73. The number of hydrogen-bond acceptors (Lipinski definition) is 5. The lowest BCUT2D eigenvalue weighted by Crippen LogP contribution is -2.47. The molecule has 0 saturated carbocycles. The summed E-state index contributed by atoms with van der Waals surface area (Å²) in [4.78, 5) is 18.8. The van der Waals surface area contributed by atoms with Crippen molar-refractivity contribution in [3.63, 3.8) is 0 Å². The first-order chi connectivity index (χ1) is 12.2. The predicted octanol–water partition coefficient (Wildman–Crippen LogP) is 1.50. The summed E-state index contributed by atoms with van der Waals surface area (Å²) < 4.78 is 3.69. The zero-order valence-corrected chi connectivity index (χ0v) is 15.1. The fourth-order valence-electron chi connectivity index (χ4n) is 3.40. The van der Waals surface area contributed by atoms with Gasteiger partial charge in [0.2, 0.25) is 0 Å². The zero-order valence-electron chi connectivity index (χ0n) is 15.1. The van der Waals surface area contributed by atoms with E-state index < -0.39 is 0 Å². The van der Waals surface area contributed by atoms with Gasteiger partial charge in [-0.15, -0.1) is 0 Å². The van der Waals surface area contributed by atoms with E-state index >= 15 is 0 Å². The highest BCUT2D eigenvalue weighted by molar-refractivity contribution is 5.36. The molecule has 3 heterocycles. The van der Waals surface area contributed by atoms with Gasteiger partial charge in [-0.1, -0.05) is 0 Å². The van der Waals surface area contributed by atoms with Gasteiger partial charge in [-0.3, -0.25) is 9.48 Å². The summed E-state index contributed by atoms with van der Waals surface area (Å²) in [6.07, 6.45) is 10.4. The summed E-state index contributed by atoms with van der Waals surface area (Å²) in [6.45, 7) is 7.57. The Morgan fingerprint density at radius 2 is 2.08 bits per heavy atom. The van der Waals surface area contributed by atoms with Crippen LogP contribution in [0.25, 0.3) is 0 Å². The molecule has 1 N–H and O–H groups in total. The Morgan fingerprint density at radius 3 is 2.76 bits per heavy atom. The topological polar surface area (TPSA) is 68.0 Å². The molecular formula is C18H28N6O. The van der Waals surface area contributed by atoms with Gasteiger partial charge in [0.05, 0.1) is 0 Å². The molecule has 1 aliphatic rings. The summed E-state index contributed by atoms with van der Waals surface area (Å²) in [5, 5.41) is 7.96. The molecule has 0 radical (unpaired) electrons. The van der Waals surface area contributed by atoms with Crippen LogP contribution in [-0.2, 0) is 13.1 Å². The van der Waals surface area contributed by atoms with E-state index in [2.05, 4.69) is 27.2 Å². The van der Waals surface area contributed by atoms with Gasteiger partial charge in [-0.05, 0) is 39.2 Å². The smallest absolute Gasteiger partial charge is 0.293 e. The van der Waals surface area contributed by atoms with E-state index in [9.17, 15) is 4.79 Å². The van der Waals surface area contributed by atoms with Crippen molar-refractivity contribution in [1.29, 1.82) is 0 Å². The van der Waals surface area contributed by atoms with Gasteiger partial charge in [-0.25, -0.2) is 4.98 Å². The fourth-order valence-corrected chi connectivity index (χ4v) is 3.40. The van der Waals surface area contributed by atoms with Gasteiger partial charge < -0.3 is 14.8 Å². The third kappa shape index (κ3) is 4.48. The largest absolute Gasteiger partial charge is 0.352 e. The third-order valence-corrected chi connectivity index (χ3v) is 4.90. The van der Waals surface area contributed by atoms with Crippen molar-refractivity contribution in [1.82, 2.24) is 24.6 Å². The first-order valence-corrected chi connectivity index (χ1v) is 9.21. The standard InChI is InChI=1S/C18H28N6O/c1-3-22-14-9-19-17(18(22)25)23-11-6-16(7-12-23)21-15(2)5-13-24-10-4-8-20-24/h4,8-10,14-16,21H,3,5-7,11-13H2,1-2H3/t15-/m0/s1. The van der Waals surface area contributed by atoms with E-state index in [0.29, 0.717) is 24.4 Å². The number of rotatable bonds is 7. The molecule has 1 fully saturated rings. The molecule has 2 aromatic rings. The first-order valence-electron chi connectivity index (χ1n) is 9.21. The molecule has 7 heteroatoms. The van der Waals surface area contributed by atoms with Gasteiger partial charge in [0.1, 0.15) is 0 Å². The summed E-state index contributed by atoms with van der Waals surface area (Å²) >= 11 is 0. The van der Waals surface area contributed by atoms with E-state index in [0.717, 1.165) is 38.9 Å². The zero-order chi connectivity index (χ0) is 17.6. The Hall–Kier alpha value is -2.15. The van der Waals surface area contributed by atoms with Crippen LogP contribution in [0.15, 0.2) is 35.6 Å². The molecule has 136 valence electrons. The van der Waals surface area contributed by atoms with E-state index in [1.807, 2.05) is 30.1 Å². The molecule has 0 aromatic carbocycles. The van der Waals surface area contributed by atoms with E-state index in [1.54, 1.807) is 17.0 Å². The number of hydrogen-bond donors (Lipinski definition) is 1. The average molecular weight is 344 g/mol. The number of aryl methyl sites for hydroxylation is 2.